The van der Waals surface area contributed by atoms with Gasteiger partial charge in [-0.1, -0.05) is 24.3 Å². The van der Waals surface area contributed by atoms with Crippen LogP contribution in [0.3, 0.4) is 0 Å². The van der Waals surface area contributed by atoms with Crippen LogP contribution in [0.4, 0.5) is 8.78 Å². The summed E-state index contributed by atoms with van der Waals surface area (Å²) in [5.74, 6) is -3.82. The van der Waals surface area contributed by atoms with Crippen LogP contribution in [0.5, 0.6) is 5.75 Å². The molecule has 0 saturated heterocycles. The number of benzene rings is 2. The second kappa shape index (κ2) is 5.38. The zero-order valence-corrected chi connectivity index (χ0v) is 11.4. The summed E-state index contributed by atoms with van der Waals surface area (Å²) in [4.78, 5) is 12.2. The van der Waals surface area contributed by atoms with Crippen LogP contribution < -0.4 is 5.32 Å². The van der Waals surface area contributed by atoms with Gasteiger partial charge in [0.25, 0.3) is 5.91 Å². The quantitative estimate of drug-likeness (QED) is 0.795. The van der Waals surface area contributed by atoms with Crippen molar-refractivity contribution < 1.29 is 23.8 Å². The van der Waals surface area contributed by atoms with Gasteiger partial charge in [0.15, 0.2) is 0 Å². The van der Waals surface area contributed by atoms with Gasteiger partial charge >= 0.3 is 0 Å². The van der Waals surface area contributed by atoms with E-state index in [1.807, 2.05) is 12.1 Å². The number of hydrogen-bond acceptors (Lipinski definition) is 3. The molecule has 4 nitrogen and oxygen atoms in total. The Balaban J connectivity index is 1.90. The van der Waals surface area contributed by atoms with Gasteiger partial charge in [-0.2, -0.15) is 0 Å². The first-order valence-corrected chi connectivity index (χ1v) is 6.72. The summed E-state index contributed by atoms with van der Waals surface area (Å²) >= 11 is 0. The van der Waals surface area contributed by atoms with Crippen molar-refractivity contribution in [2.45, 2.75) is 18.6 Å². The van der Waals surface area contributed by atoms with E-state index >= 15 is 0 Å². The van der Waals surface area contributed by atoms with Crippen molar-refractivity contribution in [2.75, 3.05) is 0 Å². The molecule has 3 N–H and O–H groups in total. The van der Waals surface area contributed by atoms with Crippen LogP contribution in [-0.2, 0) is 6.42 Å². The normalized spacial score (nSPS) is 19.8. The maximum Gasteiger partial charge on any atom is 0.258 e. The summed E-state index contributed by atoms with van der Waals surface area (Å²) < 4.78 is 26.7. The van der Waals surface area contributed by atoms with Crippen LogP contribution >= 0.6 is 0 Å². The Labute approximate surface area is 125 Å². The van der Waals surface area contributed by atoms with Gasteiger partial charge in [0, 0.05) is 18.6 Å². The van der Waals surface area contributed by atoms with Gasteiger partial charge in [-0.15, -0.1) is 0 Å². The summed E-state index contributed by atoms with van der Waals surface area (Å²) in [6, 6.07) is 7.67. The lowest BCUT2D eigenvalue weighted by Crippen LogP contribution is -2.34. The number of aromatic hydroxyl groups is 1. The predicted octanol–water partition coefficient (Wildman–Crippen LogP) is 2.06. The summed E-state index contributed by atoms with van der Waals surface area (Å²) in [5, 5.41) is 22.1. The summed E-state index contributed by atoms with van der Waals surface area (Å²) in [5.41, 5.74) is 0.993. The standard InChI is InChI=1S/C16H13F2NO3/c17-9-6-11(18)14(12(20)7-9)16(22)19-15-10-4-2-1-3-8(10)5-13(15)21/h1-4,6-7,13,15,20-21H,5H2,(H,19,22). The minimum Gasteiger partial charge on any atom is -0.507 e. The van der Waals surface area contributed by atoms with Crippen molar-refractivity contribution in [1.29, 1.82) is 0 Å². The van der Waals surface area contributed by atoms with Crippen molar-refractivity contribution in [3.05, 3.63) is 64.7 Å². The molecule has 1 aliphatic rings. The van der Waals surface area contributed by atoms with Crippen molar-refractivity contribution in [3.8, 4) is 5.75 Å². The van der Waals surface area contributed by atoms with E-state index in [0.717, 1.165) is 11.1 Å². The van der Waals surface area contributed by atoms with E-state index in [0.29, 0.717) is 18.6 Å². The number of phenolic OH excluding ortho intramolecular Hbond substituents is 1. The molecule has 0 radical (unpaired) electrons. The number of rotatable bonds is 2. The average Bonchev–Trinajstić information content (AvgIpc) is 2.74. The Morgan fingerprint density at radius 1 is 1.23 bits per heavy atom. The lowest BCUT2D eigenvalue weighted by molar-refractivity contribution is 0.0851. The van der Waals surface area contributed by atoms with Gasteiger partial charge in [0.1, 0.15) is 22.9 Å². The van der Waals surface area contributed by atoms with Gasteiger partial charge < -0.3 is 15.5 Å². The molecule has 1 amide bonds. The minimum absolute atomic E-state index is 0.374. The molecule has 22 heavy (non-hydrogen) atoms. The first kappa shape index (κ1) is 14.5. The molecule has 3 rings (SSSR count). The van der Waals surface area contributed by atoms with Gasteiger partial charge in [-0.05, 0) is 11.1 Å². The molecule has 0 fully saturated rings. The molecule has 114 valence electrons. The Morgan fingerprint density at radius 2 is 1.95 bits per heavy atom. The SMILES string of the molecule is O=C(NC1c2ccccc2CC1O)c1c(O)cc(F)cc1F. The van der Waals surface area contributed by atoms with E-state index in [9.17, 15) is 23.8 Å². The van der Waals surface area contributed by atoms with Crippen LogP contribution in [0, 0.1) is 11.6 Å². The number of halogens is 2. The number of amides is 1. The maximum absolute atomic E-state index is 13.7. The fraction of sp³-hybridized carbons (Fsp3) is 0.188. The molecule has 6 heteroatoms. The van der Waals surface area contributed by atoms with E-state index in [4.69, 9.17) is 0 Å². The molecule has 0 spiro atoms. The zero-order valence-electron chi connectivity index (χ0n) is 11.4. The molecule has 0 aliphatic heterocycles. The molecule has 2 unspecified atom stereocenters. The van der Waals surface area contributed by atoms with E-state index in [-0.39, 0.29) is 0 Å². The fourth-order valence-electron chi connectivity index (χ4n) is 2.75. The summed E-state index contributed by atoms with van der Waals surface area (Å²) in [7, 11) is 0. The highest BCUT2D eigenvalue weighted by Crippen LogP contribution is 2.32. The highest BCUT2D eigenvalue weighted by Gasteiger charge is 2.33. The van der Waals surface area contributed by atoms with Gasteiger partial charge in [0.05, 0.1) is 12.1 Å². The van der Waals surface area contributed by atoms with E-state index in [1.54, 1.807) is 12.1 Å². The lowest BCUT2D eigenvalue weighted by atomic mass is 10.1. The van der Waals surface area contributed by atoms with E-state index < -0.39 is 41.0 Å². The molecule has 2 aromatic carbocycles. The molecule has 0 aromatic heterocycles. The number of carbonyl (C=O) groups is 1. The van der Waals surface area contributed by atoms with Crippen LogP contribution in [0.1, 0.15) is 27.5 Å². The lowest BCUT2D eigenvalue weighted by Gasteiger charge is -2.18. The predicted molar refractivity (Wildman–Crippen MR) is 74.4 cm³/mol. The zero-order chi connectivity index (χ0) is 15.9. The van der Waals surface area contributed by atoms with Crippen molar-refractivity contribution in [3.63, 3.8) is 0 Å². The Kier molecular flexibility index (Phi) is 3.54. The molecule has 2 aromatic rings. The number of carbonyl (C=O) groups excluding carboxylic acids is 1. The number of phenols is 1. The molecular weight excluding hydrogens is 292 g/mol. The van der Waals surface area contributed by atoms with E-state index in [1.165, 1.54) is 0 Å². The first-order valence-electron chi connectivity index (χ1n) is 6.72. The third-order valence-electron chi connectivity index (χ3n) is 3.75. The van der Waals surface area contributed by atoms with Crippen molar-refractivity contribution >= 4 is 5.91 Å². The largest absolute Gasteiger partial charge is 0.507 e. The molecular formula is C16H13F2NO3. The third-order valence-corrected chi connectivity index (χ3v) is 3.75. The van der Waals surface area contributed by atoms with Crippen molar-refractivity contribution in [2.24, 2.45) is 0 Å². The molecule has 0 saturated carbocycles. The first-order chi connectivity index (χ1) is 10.5. The highest BCUT2D eigenvalue weighted by molar-refractivity contribution is 5.97. The number of aliphatic hydroxyl groups excluding tert-OH is 1. The number of hydrogen-bond donors (Lipinski definition) is 3. The summed E-state index contributed by atoms with van der Waals surface area (Å²) in [6.07, 6.45) is -0.467. The van der Waals surface area contributed by atoms with Crippen LogP contribution in [0.25, 0.3) is 0 Å². The average molecular weight is 305 g/mol. The van der Waals surface area contributed by atoms with Crippen LogP contribution in [-0.4, -0.2) is 22.2 Å². The molecule has 0 bridgehead atoms. The second-order valence-corrected chi connectivity index (χ2v) is 5.20. The fourth-order valence-corrected chi connectivity index (χ4v) is 2.75. The number of fused-ring (bicyclic) bond motifs is 1. The van der Waals surface area contributed by atoms with Crippen molar-refractivity contribution in [1.82, 2.24) is 5.32 Å². The van der Waals surface area contributed by atoms with Crippen LogP contribution in [0.15, 0.2) is 36.4 Å². The summed E-state index contributed by atoms with van der Waals surface area (Å²) in [6.45, 7) is 0. The van der Waals surface area contributed by atoms with Crippen LogP contribution in [0.2, 0.25) is 0 Å². The van der Waals surface area contributed by atoms with Gasteiger partial charge in [0.2, 0.25) is 0 Å². The number of aliphatic hydroxyl groups is 1. The topological polar surface area (TPSA) is 69.6 Å². The smallest absolute Gasteiger partial charge is 0.258 e. The number of nitrogens with one attached hydrogen (secondary N) is 1. The molecule has 1 aliphatic carbocycles. The monoisotopic (exact) mass is 305 g/mol. The Hall–Kier alpha value is -2.47. The minimum atomic E-state index is -1.16. The molecule has 2 atom stereocenters. The molecule has 0 heterocycles. The Morgan fingerprint density at radius 3 is 2.68 bits per heavy atom. The van der Waals surface area contributed by atoms with E-state index in [2.05, 4.69) is 5.32 Å². The maximum atomic E-state index is 13.7. The van der Waals surface area contributed by atoms with Gasteiger partial charge in [-0.25, -0.2) is 8.78 Å². The third kappa shape index (κ3) is 2.42. The van der Waals surface area contributed by atoms with Gasteiger partial charge in [-0.3, -0.25) is 4.79 Å². The highest BCUT2D eigenvalue weighted by atomic mass is 19.1. The Bertz CT molecular complexity index is 725. The second-order valence-electron chi connectivity index (χ2n) is 5.20.